The third kappa shape index (κ3) is 2.23. The van der Waals surface area contributed by atoms with Crippen molar-refractivity contribution in [3.8, 4) is 11.5 Å². The number of hydrogen-bond acceptors (Lipinski definition) is 6. The summed E-state index contributed by atoms with van der Waals surface area (Å²) in [5.41, 5.74) is 2.22. The number of oxime groups is 1. The van der Waals surface area contributed by atoms with E-state index in [0.717, 1.165) is 35.0 Å². The number of likely N-dealkylation sites (N-methyl/N-ethyl adjacent to an activating group) is 1. The Balaban J connectivity index is 2.02. The Labute approximate surface area is 161 Å². The van der Waals surface area contributed by atoms with Crippen LogP contribution in [0.1, 0.15) is 24.0 Å². The van der Waals surface area contributed by atoms with Crippen LogP contribution in [0.3, 0.4) is 0 Å². The molecule has 1 aromatic carbocycles. The molecule has 0 spiro atoms. The molecule has 0 unspecified atom stereocenters. The molecule has 1 saturated heterocycles. The number of phenols is 1. The van der Waals surface area contributed by atoms with Crippen molar-refractivity contribution >= 4 is 21.6 Å². The van der Waals surface area contributed by atoms with Gasteiger partial charge < -0.3 is 24.7 Å². The number of methoxy groups -OCH3 is 2. The molecule has 0 amide bonds. The molecule has 0 aromatic heterocycles. The molecule has 2 aliphatic carbocycles. The van der Waals surface area contributed by atoms with Crippen molar-refractivity contribution in [1.82, 2.24) is 4.90 Å². The Kier molecular flexibility index (Phi) is 4.19. The lowest BCUT2D eigenvalue weighted by atomic mass is 9.53. The van der Waals surface area contributed by atoms with Gasteiger partial charge in [-0.25, -0.2) is 0 Å². The largest absolute Gasteiger partial charge is 0.504 e. The van der Waals surface area contributed by atoms with Crippen LogP contribution >= 0.6 is 15.9 Å². The molecule has 2 bridgehead atoms. The van der Waals surface area contributed by atoms with Crippen molar-refractivity contribution < 1.29 is 19.8 Å². The molecule has 3 atom stereocenters. The summed E-state index contributed by atoms with van der Waals surface area (Å²) in [5.74, 6) is 1.45. The highest BCUT2D eigenvalue weighted by atomic mass is 79.9. The van der Waals surface area contributed by atoms with E-state index in [-0.39, 0.29) is 17.1 Å². The van der Waals surface area contributed by atoms with Crippen LogP contribution in [0.4, 0.5) is 0 Å². The number of fused-ring (bicyclic) bond motifs is 1. The number of likely N-dealkylation sites (tertiary alicyclic amines) is 1. The Bertz CT molecular complexity index is 822. The molecule has 2 N–H and O–H groups in total. The number of hydrogen-bond donors (Lipinski definition) is 2. The van der Waals surface area contributed by atoms with Crippen LogP contribution in [0.2, 0.25) is 0 Å². The summed E-state index contributed by atoms with van der Waals surface area (Å²) < 4.78 is 11.8. The zero-order valence-electron chi connectivity index (χ0n) is 15.1. The molecule has 4 rings (SSSR count). The average molecular weight is 423 g/mol. The highest BCUT2D eigenvalue weighted by Crippen LogP contribution is 2.59. The Morgan fingerprint density at radius 3 is 2.77 bits per heavy atom. The topological polar surface area (TPSA) is 74.5 Å². The van der Waals surface area contributed by atoms with Crippen molar-refractivity contribution in [3.63, 3.8) is 0 Å². The van der Waals surface area contributed by atoms with Gasteiger partial charge in [-0.15, -0.1) is 0 Å². The lowest BCUT2D eigenvalue weighted by Crippen LogP contribution is -2.60. The van der Waals surface area contributed by atoms with Gasteiger partial charge in [0.1, 0.15) is 11.5 Å². The Morgan fingerprint density at radius 2 is 2.12 bits per heavy atom. The lowest BCUT2D eigenvalue weighted by Gasteiger charge is -2.57. The number of piperidine rings is 1. The smallest absolute Gasteiger partial charge is 0.161 e. The van der Waals surface area contributed by atoms with Crippen molar-refractivity contribution in [3.05, 3.63) is 33.5 Å². The number of halogens is 1. The first-order chi connectivity index (χ1) is 12.5. The quantitative estimate of drug-likeness (QED) is 0.565. The second kappa shape index (κ2) is 6.16. The molecule has 3 aliphatic rings. The van der Waals surface area contributed by atoms with Gasteiger partial charge in [0.25, 0.3) is 0 Å². The van der Waals surface area contributed by atoms with E-state index < -0.39 is 0 Å². The first kappa shape index (κ1) is 17.7. The van der Waals surface area contributed by atoms with Gasteiger partial charge in [0, 0.05) is 33.8 Å². The molecule has 6 nitrogen and oxygen atoms in total. The Hall–Kier alpha value is -1.73. The fourth-order valence-electron chi connectivity index (χ4n) is 5.16. The molecule has 0 saturated carbocycles. The van der Waals surface area contributed by atoms with Crippen LogP contribution in [0, 0.1) is 5.92 Å². The molecule has 140 valence electrons. The predicted octanol–water partition coefficient (Wildman–Crippen LogP) is 3.04. The van der Waals surface area contributed by atoms with Crippen LogP contribution in [0.5, 0.6) is 11.5 Å². The zero-order chi connectivity index (χ0) is 18.6. The summed E-state index contributed by atoms with van der Waals surface area (Å²) in [4.78, 5) is 2.38. The minimum atomic E-state index is -0.338. The molecule has 1 heterocycles. The second-order valence-electron chi connectivity index (χ2n) is 7.41. The standard InChI is InChI=1S/C19H23BrN2O4/c1-22-5-4-19-9-13(21-24)15(25-2)7-11(19)14(22)6-10-12(20)8-16(26-3)18(23)17(10)19/h7-8,11,14,23-24H,4-6,9H2,1-3H3/t11-,14+,19-/m0/s1. The number of rotatable bonds is 2. The van der Waals surface area contributed by atoms with Crippen LogP contribution in [0.15, 0.2) is 27.5 Å². The summed E-state index contributed by atoms with van der Waals surface area (Å²) in [6, 6.07) is 2.13. The fraction of sp³-hybridized carbons (Fsp3) is 0.526. The third-order valence-electron chi connectivity index (χ3n) is 6.42. The number of aromatic hydroxyl groups is 1. The van der Waals surface area contributed by atoms with Gasteiger partial charge in [-0.1, -0.05) is 21.1 Å². The second-order valence-corrected chi connectivity index (χ2v) is 8.26. The summed E-state index contributed by atoms with van der Waals surface area (Å²) in [6.45, 7) is 0.920. The van der Waals surface area contributed by atoms with E-state index in [9.17, 15) is 10.3 Å². The Morgan fingerprint density at radius 1 is 1.35 bits per heavy atom. The van der Waals surface area contributed by atoms with Gasteiger partial charge in [-0.3, -0.25) is 0 Å². The van der Waals surface area contributed by atoms with Crippen LogP contribution < -0.4 is 4.74 Å². The molecule has 26 heavy (non-hydrogen) atoms. The monoisotopic (exact) mass is 422 g/mol. The first-order valence-electron chi connectivity index (χ1n) is 8.73. The molecular formula is C19H23BrN2O4. The van der Waals surface area contributed by atoms with E-state index in [4.69, 9.17) is 9.47 Å². The molecule has 1 aromatic rings. The molecule has 0 radical (unpaired) electrons. The van der Waals surface area contributed by atoms with E-state index in [1.165, 1.54) is 0 Å². The van der Waals surface area contributed by atoms with E-state index >= 15 is 0 Å². The normalized spacial score (nSPS) is 31.8. The predicted molar refractivity (Wildman–Crippen MR) is 101 cm³/mol. The third-order valence-corrected chi connectivity index (χ3v) is 7.12. The van der Waals surface area contributed by atoms with Crippen LogP contribution in [-0.2, 0) is 16.6 Å². The summed E-state index contributed by atoms with van der Waals surface area (Å²) in [7, 11) is 5.31. The van der Waals surface area contributed by atoms with Gasteiger partial charge >= 0.3 is 0 Å². The number of phenolic OH excluding ortho intramolecular Hbond substituents is 1. The first-order valence-corrected chi connectivity index (χ1v) is 9.52. The highest BCUT2D eigenvalue weighted by Gasteiger charge is 2.56. The maximum absolute atomic E-state index is 11.0. The van der Waals surface area contributed by atoms with Gasteiger partial charge in [-0.05, 0) is 44.1 Å². The van der Waals surface area contributed by atoms with Crippen molar-refractivity contribution in [2.75, 3.05) is 27.8 Å². The highest BCUT2D eigenvalue weighted by molar-refractivity contribution is 9.10. The van der Waals surface area contributed by atoms with E-state index in [1.807, 2.05) is 6.07 Å². The molecule has 1 fully saturated rings. The summed E-state index contributed by atoms with van der Waals surface area (Å²) in [6.07, 6.45) is 4.29. The van der Waals surface area contributed by atoms with E-state index in [1.54, 1.807) is 14.2 Å². The van der Waals surface area contributed by atoms with E-state index in [0.29, 0.717) is 29.7 Å². The lowest BCUT2D eigenvalue weighted by molar-refractivity contribution is 0.0517. The van der Waals surface area contributed by atoms with E-state index in [2.05, 4.69) is 39.1 Å². The van der Waals surface area contributed by atoms with Gasteiger partial charge in [0.15, 0.2) is 11.5 Å². The average Bonchev–Trinajstić information content (AvgIpc) is 2.65. The molecule has 1 aliphatic heterocycles. The fourth-order valence-corrected chi connectivity index (χ4v) is 5.73. The summed E-state index contributed by atoms with van der Waals surface area (Å²) >= 11 is 3.68. The van der Waals surface area contributed by atoms with Crippen molar-refractivity contribution in [1.29, 1.82) is 0 Å². The number of allylic oxidation sites excluding steroid dienone is 1. The minimum absolute atomic E-state index is 0.166. The maximum Gasteiger partial charge on any atom is 0.161 e. The van der Waals surface area contributed by atoms with Crippen molar-refractivity contribution in [2.24, 2.45) is 11.1 Å². The number of nitrogens with zero attached hydrogens (tertiary/aromatic N) is 2. The van der Waals surface area contributed by atoms with Crippen molar-refractivity contribution in [2.45, 2.75) is 30.7 Å². The van der Waals surface area contributed by atoms with Gasteiger partial charge in [0.05, 0.1) is 14.2 Å². The van der Waals surface area contributed by atoms with Gasteiger partial charge in [0.2, 0.25) is 0 Å². The maximum atomic E-state index is 11.0. The SMILES string of the molecule is COC1=C[C@H]2[C@H]3Cc4c(Br)cc(OC)c(O)c4[C@@]2(CCN3C)CC1=NO. The van der Waals surface area contributed by atoms with Gasteiger partial charge in [-0.2, -0.15) is 0 Å². The zero-order valence-corrected chi connectivity index (χ0v) is 16.7. The molecule has 7 heteroatoms. The minimum Gasteiger partial charge on any atom is -0.504 e. The van der Waals surface area contributed by atoms with Crippen LogP contribution in [-0.4, -0.2) is 54.8 Å². The molecular weight excluding hydrogens is 400 g/mol. The number of benzene rings is 1. The van der Waals surface area contributed by atoms with Crippen LogP contribution in [0.25, 0.3) is 0 Å². The number of ether oxygens (including phenoxy) is 2. The summed E-state index contributed by atoms with van der Waals surface area (Å²) in [5, 5.41) is 24.1.